The molecule has 0 saturated carbocycles. The quantitative estimate of drug-likeness (QED) is 0.774. The minimum absolute atomic E-state index is 0.148. The van der Waals surface area contributed by atoms with Crippen molar-refractivity contribution in [1.29, 1.82) is 0 Å². The van der Waals surface area contributed by atoms with E-state index in [0.717, 1.165) is 31.7 Å². The highest BCUT2D eigenvalue weighted by Crippen LogP contribution is 2.27. The summed E-state index contributed by atoms with van der Waals surface area (Å²) in [5.41, 5.74) is 1.79. The largest absolute Gasteiger partial charge is 0.494 e. The van der Waals surface area contributed by atoms with E-state index in [2.05, 4.69) is 71.1 Å². The zero-order chi connectivity index (χ0) is 15.2. The Hall–Kier alpha value is -1.02. The smallest absolute Gasteiger partial charge is 0.119 e. The Morgan fingerprint density at radius 1 is 1.00 bits per heavy atom. The van der Waals surface area contributed by atoms with E-state index in [9.17, 15) is 0 Å². The van der Waals surface area contributed by atoms with Gasteiger partial charge in [0.25, 0.3) is 0 Å². The van der Waals surface area contributed by atoms with Crippen LogP contribution < -0.4 is 10.1 Å². The van der Waals surface area contributed by atoms with Crippen molar-refractivity contribution in [2.75, 3.05) is 6.61 Å². The Morgan fingerprint density at radius 2 is 1.60 bits per heavy atom. The first-order chi connectivity index (χ1) is 9.22. The van der Waals surface area contributed by atoms with Gasteiger partial charge in [0.2, 0.25) is 0 Å². The minimum Gasteiger partial charge on any atom is -0.494 e. The first kappa shape index (κ1) is 17.0. The maximum atomic E-state index is 5.60. The van der Waals surface area contributed by atoms with Crippen LogP contribution in [0.4, 0.5) is 0 Å². The number of hydrogen-bond acceptors (Lipinski definition) is 2. The molecule has 114 valence electrons. The third-order valence-corrected chi connectivity index (χ3v) is 3.14. The monoisotopic (exact) mass is 277 g/mol. The molecular formula is C18H31NO. The first-order valence-corrected chi connectivity index (χ1v) is 7.69. The van der Waals surface area contributed by atoms with Gasteiger partial charge in [-0.05, 0) is 49.8 Å². The number of ether oxygens (including phenoxy) is 1. The van der Waals surface area contributed by atoms with Crippen molar-refractivity contribution in [2.24, 2.45) is 5.41 Å². The Bertz CT molecular complexity index is 387. The van der Waals surface area contributed by atoms with Gasteiger partial charge in [-0.15, -0.1) is 0 Å². The lowest BCUT2D eigenvalue weighted by molar-refractivity contribution is 0.240. The fourth-order valence-corrected chi connectivity index (χ4v) is 2.65. The normalized spacial score (nSPS) is 12.5. The van der Waals surface area contributed by atoms with Crippen LogP contribution in [-0.4, -0.2) is 12.1 Å². The lowest BCUT2D eigenvalue weighted by Gasteiger charge is -2.33. The molecule has 1 aromatic rings. The summed E-state index contributed by atoms with van der Waals surface area (Å²) in [5.74, 6) is 0.963. The molecule has 0 aliphatic heterocycles. The Kier molecular flexibility index (Phi) is 6.07. The second kappa shape index (κ2) is 7.12. The molecule has 0 bridgehead atoms. The highest BCUT2D eigenvalue weighted by molar-refractivity contribution is 5.27. The van der Waals surface area contributed by atoms with Crippen molar-refractivity contribution < 1.29 is 4.74 Å². The predicted molar refractivity (Wildman–Crippen MR) is 87.2 cm³/mol. The van der Waals surface area contributed by atoms with E-state index in [-0.39, 0.29) is 5.54 Å². The third kappa shape index (κ3) is 6.95. The fraction of sp³-hybridized carbons (Fsp3) is 0.667. The molecule has 2 heteroatoms. The van der Waals surface area contributed by atoms with Gasteiger partial charge in [0.1, 0.15) is 5.75 Å². The van der Waals surface area contributed by atoms with E-state index < -0.39 is 0 Å². The highest BCUT2D eigenvalue weighted by Gasteiger charge is 2.24. The fourth-order valence-electron chi connectivity index (χ4n) is 2.65. The second-order valence-corrected chi connectivity index (χ2v) is 7.47. The molecule has 0 aromatic heterocycles. The molecule has 0 radical (unpaired) electrons. The van der Waals surface area contributed by atoms with Crippen molar-refractivity contribution in [3.8, 4) is 5.75 Å². The SMILES string of the molecule is CCCOc1ccc(CNC(C)(C)CC(C)(C)C)cc1. The molecule has 1 aromatic carbocycles. The second-order valence-electron chi connectivity index (χ2n) is 7.47. The van der Waals surface area contributed by atoms with Crippen LogP contribution in [0.3, 0.4) is 0 Å². The molecule has 0 spiro atoms. The van der Waals surface area contributed by atoms with Crippen LogP contribution in [0.15, 0.2) is 24.3 Å². The minimum atomic E-state index is 0.148. The van der Waals surface area contributed by atoms with Crippen molar-refractivity contribution in [3.63, 3.8) is 0 Å². The van der Waals surface area contributed by atoms with Gasteiger partial charge in [-0.2, -0.15) is 0 Å². The molecule has 2 nitrogen and oxygen atoms in total. The molecule has 0 amide bonds. The summed E-state index contributed by atoms with van der Waals surface area (Å²) in [6.07, 6.45) is 2.20. The van der Waals surface area contributed by atoms with Gasteiger partial charge in [0.15, 0.2) is 0 Å². The molecule has 20 heavy (non-hydrogen) atoms. The van der Waals surface area contributed by atoms with Crippen LogP contribution in [0.1, 0.15) is 59.9 Å². The molecule has 0 saturated heterocycles. The van der Waals surface area contributed by atoms with E-state index in [1.807, 2.05) is 0 Å². The van der Waals surface area contributed by atoms with Crippen molar-refractivity contribution in [3.05, 3.63) is 29.8 Å². The summed E-state index contributed by atoms with van der Waals surface area (Å²) in [5, 5.41) is 3.65. The Morgan fingerprint density at radius 3 is 2.10 bits per heavy atom. The van der Waals surface area contributed by atoms with Crippen molar-refractivity contribution >= 4 is 0 Å². The van der Waals surface area contributed by atoms with Crippen LogP contribution in [0, 0.1) is 5.41 Å². The zero-order valence-electron chi connectivity index (χ0n) is 14.0. The summed E-state index contributed by atoms with van der Waals surface area (Å²) in [6, 6.07) is 8.41. The van der Waals surface area contributed by atoms with Crippen LogP contribution in [-0.2, 0) is 6.54 Å². The molecule has 0 fully saturated rings. The van der Waals surface area contributed by atoms with Gasteiger partial charge in [-0.3, -0.25) is 0 Å². The van der Waals surface area contributed by atoms with Crippen LogP contribution >= 0.6 is 0 Å². The first-order valence-electron chi connectivity index (χ1n) is 7.69. The molecule has 0 heterocycles. The summed E-state index contributed by atoms with van der Waals surface area (Å²) >= 11 is 0. The third-order valence-electron chi connectivity index (χ3n) is 3.14. The van der Waals surface area contributed by atoms with E-state index in [4.69, 9.17) is 4.74 Å². The Balaban J connectivity index is 2.49. The summed E-state index contributed by atoms with van der Waals surface area (Å²) in [7, 11) is 0. The van der Waals surface area contributed by atoms with Crippen LogP contribution in [0.2, 0.25) is 0 Å². The van der Waals surface area contributed by atoms with Gasteiger partial charge < -0.3 is 10.1 Å². The summed E-state index contributed by atoms with van der Waals surface area (Å²) < 4.78 is 5.60. The number of nitrogens with one attached hydrogen (secondary N) is 1. The number of hydrogen-bond donors (Lipinski definition) is 1. The van der Waals surface area contributed by atoms with Crippen LogP contribution in [0.25, 0.3) is 0 Å². The van der Waals surface area contributed by atoms with E-state index in [1.54, 1.807) is 0 Å². The summed E-state index contributed by atoms with van der Waals surface area (Å²) in [4.78, 5) is 0. The van der Waals surface area contributed by atoms with Gasteiger partial charge in [0.05, 0.1) is 6.61 Å². The number of benzene rings is 1. The van der Waals surface area contributed by atoms with E-state index >= 15 is 0 Å². The van der Waals surface area contributed by atoms with Gasteiger partial charge in [-0.1, -0.05) is 39.8 Å². The Labute approximate surface area is 124 Å². The molecule has 0 aliphatic rings. The summed E-state index contributed by atoms with van der Waals surface area (Å²) in [6.45, 7) is 15.2. The molecule has 0 atom stereocenters. The van der Waals surface area contributed by atoms with Gasteiger partial charge >= 0.3 is 0 Å². The topological polar surface area (TPSA) is 21.3 Å². The molecule has 0 unspecified atom stereocenters. The maximum Gasteiger partial charge on any atom is 0.119 e. The highest BCUT2D eigenvalue weighted by atomic mass is 16.5. The van der Waals surface area contributed by atoms with Crippen molar-refractivity contribution in [1.82, 2.24) is 5.32 Å². The number of rotatable bonds is 7. The van der Waals surface area contributed by atoms with E-state index in [1.165, 1.54) is 5.56 Å². The van der Waals surface area contributed by atoms with Crippen molar-refractivity contribution in [2.45, 2.75) is 66.5 Å². The predicted octanol–water partition coefficient (Wildman–Crippen LogP) is 4.78. The van der Waals surface area contributed by atoms with Gasteiger partial charge in [0, 0.05) is 12.1 Å². The molecule has 1 rings (SSSR count). The molecule has 1 N–H and O–H groups in total. The molecular weight excluding hydrogens is 246 g/mol. The average molecular weight is 277 g/mol. The van der Waals surface area contributed by atoms with Crippen LogP contribution in [0.5, 0.6) is 5.75 Å². The van der Waals surface area contributed by atoms with E-state index in [0.29, 0.717) is 5.41 Å². The lowest BCUT2D eigenvalue weighted by atomic mass is 9.82. The van der Waals surface area contributed by atoms with Gasteiger partial charge in [-0.25, -0.2) is 0 Å². The standard InChI is InChI=1S/C18H31NO/c1-7-12-20-16-10-8-15(9-11-16)13-19-18(5,6)14-17(2,3)4/h8-11,19H,7,12-14H2,1-6H3. The lowest BCUT2D eigenvalue weighted by Crippen LogP contribution is -2.41. The average Bonchev–Trinajstić information content (AvgIpc) is 2.32. The zero-order valence-corrected chi connectivity index (χ0v) is 14.0. The molecule has 0 aliphatic carbocycles. The maximum absolute atomic E-state index is 5.60.